The van der Waals surface area contributed by atoms with Crippen LogP contribution in [0.5, 0.6) is 0 Å². The molecule has 1 saturated heterocycles. The third-order valence-electron chi connectivity index (χ3n) is 6.32. The Morgan fingerprint density at radius 2 is 1.83 bits per heavy atom. The highest BCUT2D eigenvalue weighted by atomic mass is 19.1. The van der Waals surface area contributed by atoms with E-state index in [1.165, 1.54) is 18.4 Å². The van der Waals surface area contributed by atoms with E-state index in [0.29, 0.717) is 22.7 Å². The zero-order valence-corrected chi connectivity index (χ0v) is 16.9. The highest BCUT2D eigenvalue weighted by Crippen LogP contribution is 2.42. The Morgan fingerprint density at radius 1 is 1.00 bits per heavy atom. The van der Waals surface area contributed by atoms with Gasteiger partial charge in [-0.3, -0.25) is 0 Å². The van der Waals surface area contributed by atoms with Crippen LogP contribution in [-0.4, -0.2) is 37.9 Å². The molecule has 0 radical (unpaired) electrons. The number of aryl methyl sites for hydroxylation is 1. The van der Waals surface area contributed by atoms with Crippen LogP contribution in [0, 0.1) is 12.7 Å². The minimum Gasteiger partial charge on any atom is -0.317 e. The fourth-order valence-electron chi connectivity index (χ4n) is 4.53. The van der Waals surface area contributed by atoms with E-state index in [1.54, 1.807) is 6.07 Å². The van der Waals surface area contributed by atoms with Gasteiger partial charge in [-0.1, -0.05) is 0 Å². The number of hydrogen-bond acceptors (Lipinski definition) is 5. The number of benzene rings is 1. The number of fused-ring (bicyclic) bond motifs is 2. The van der Waals surface area contributed by atoms with Crippen molar-refractivity contribution < 1.29 is 4.39 Å². The van der Waals surface area contributed by atoms with Gasteiger partial charge in [0.1, 0.15) is 5.82 Å². The molecule has 7 heteroatoms. The molecule has 1 saturated carbocycles. The molecular formula is C23H23FN6. The van der Waals surface area contributed by atoms with E-state index in [9.17, 15) is 0 Å². The van der Waals surface area contributed by atoms with Crippen molar-refractivity contribution in [1.82, 2.24) is 30.1 Å². The first-order valence-electron chi connectivity index (χ1n) is 10.7. The molecule has 152 valence electrons. The zero-order valence-electron chi connectivity index (χ0n) is 16.9. The lowest BCUT2D eigenvalue weighted by molar-refractivity contribution is 0.451. The fraction of sp³-hybridized carbons (Fsp3) is 0.391. The van der Waals surface area contributed by atoms with Crippen LogP contribution in [0.2, 0.25) is 0 Å². The Kier molecular flexibility index (Phi) is 4.06. The fourth-order valence-corrected chi connectivity index (χ4v) is 4.53. The predicted octanol–water partition coefficient (Wildman–Crippen LogP) is 4.13. The van der Waals surface area contributed by atoms with Crippen LogP contribution in [0.4, 0.5) is 4.39 Å². The predicted molar refractivity (Wildman–Crippen MR) is 113 cm³/mol. The molecule has 1 N–H and O–H groups in total. The Labute approximate surface area is 173 Å². The van der Waals surface area contributed by atoms with E-state index in [2.05, 4.69) is 26.6 Å². The van der Waals surface area contributed by atoms with E-state index >= 15 is 4.39 Å². The summed E-state index contributed by atoms with van der Waals surface area (Å²) in [4.78, 5) is 4.63. The van der Waals surface area contributed by atoms with Crippen LogP contribution in [0.3, 0.4) is 0 Å². The molecule has 0 unspecified atom stereocenters. The molecule has 1 aromatic carbocycles. The molecule has 30 heavy (non-hydrogen) atoms. The summed E-state index contributed by atoms with van der Waals surface area (Å²) in [5, 5.41) is 17.4. The van der Waals surface area contributed by atoms with E-state index in [1.807, 2.05) is 29.8 Å². The van der Waals surface area contributed by atoms with Crippen molar-refractivity contribution in [1.29, 1.82) is 0 Å². The molecule has 6 nitrogen and oxygen atoms in total. The molecule has 4 heterocycles. The van der Waals surface area contributed by atoms with Crippen LogP contribution in [0.1, 0.15) is 54.5 Å². The van der Waals surface area contributed by atoms with Crippen molar-refractivity contribution in [2.24, 2.45) is 0 Å². The smallest absolute Gasteiger partial charge is 0.157 e. The van der Waals surface area contributed by atoms with Gasteiger partial charge in [0.25, 0.3) is 0 Å². The summed E-state index contributed by atoms with van der Waals surface area (Å²) in [5.41, 5.74) is 5.96. The van der Waals surface area contributed by atoms with E-state index in [-0.39, 0.29) is 5.82 Å². The third-order valence-corrected chi connectivity index (χ3v) is 6.32. The van der Waals surface area contributed by atoms with Crippen molar-refractivity contribution >= 4 is 16.6 Å². The molecule has 2 fully saturated rings. The molecule has 4 aromatic rings. The second-order valence-electron chi connectivity index (χ2n) is 8.59. The molecule has 0 atom stereocenters. The van der Waals surface area contributed by atoms with Gasteiger partial charge in [-0.15, -0.1) is 0 Å². The van der Waals surface area contributed by atoms with Gasteiger partial charge in [0.2, 0.25) is 0 Å². The van der Waals surface area contributed by atoms with Crippen LogP contribution in [0.15, 0.2) is 30.5 Å². The van der Waals surface area contributed by atoms with Gasteiger partial charge >= 0.3 is 0 Å². The number of aromatic nitrogens is 5. The summed E-state index contributed by atoms with van der Waals surface area (Å²) >= 11 is 0. The third kappa shape index (κ3) is 3.04. The Hall–Kier alpha value is -2.93. The zero-order chi connectivity index (χ0) is 20.2. The number of piperidine rings is 1. The van der Waals surface area contributed by atoms with Crippen molar-refractivity contribution in [3.8, 4) is 11.3 Å². The first-order valence-corrected chi connectivity index (χ1v) is 10.7. The summed E-state index contributed by atoms with van der Waals surface area (Å²) in [7, 11) is 0. The molecule has 0 bridgehead atoms. The van der Waals surface area contributed by atoms with Crippen LogP contribution < -0.4 is 5.32 Å². The summed E-state index contributed by atoms with van der Waals surface area (Å²) < 4.78 is 17.0. The van der Waals surface area contributed by atoms with Gasteiger partial charge in [0, 0.05) is 22.4 Å². The lowest BCUT2D eigenvalue weighted by atomic mass is 9.93. The summed E-state index contributed by atoms with van der Waals surface area (Å²) in [6.45, 7) is 3.91. The van der Waals surface area contributed by atoms with Gasteiger partial charge < -0.3 is 5.32 Å². The van der Waals surface area contributed by atoms with Crippen LogP contribution in [0.25, 0.3) is 27.8 Å². The van der Waals surface area contributed by atoms with Crippen molar-refractivity contribution in [2.45, 2.75) is 44.4 Å². The van der Waals surface area contributed by atoms with Gasteiger partial charge in [-0.05, 0) is 75.9 Å². The molecule has 0 amide bonds. The Balaban J connectivity index is 1.45. The molecule has 1 aliphatic carbocycles. The second-order valence-corrected chi connectivity index (χ2v) is 8.59. The molecule has 2 aliphatic rings. The largest absolute Gasteiger partial charge is 0.317 e. The normalized spacial score (nSPS) is 17.8. The first kappa shape index (κ1) is 17.9. The van der Waals surface area contributed by atoms with Gasteiger partial charge in [0.05, 0.1) is 28.8 Å². The minimum atomic E-state index is -0.274. The van der Waals surface area contributed by atoms with Crippen molar-refractivity contribution in [3.05, 3.63) is 53.2 Å². The number of imidazole rings is 1. The average Bonchev–Trinajstić information content (AvgIpc) is 3.54. The molecule has 6 rings (SSSR count). The highest BCUT2D eigenvalue weighted by molar-refractivity contribution is 5.84. The molecule has 1 aliphatic heterocycles. The number of rotatable bonds is 3. The topological polar surface area (TPSA) is 68.0 Å². The minimum absolute atomic E-state index is 0.274. The summed E-state index contributed by atoms with van der Waals surface area (Å²) in [5.74, 6) is 0.592. The average molecular weight is 402 g/mol. The van der Waals surface area contributed by atoms with E-state index in [0.717, 1.165) is 54.2 Å². The number of hydrogen-bond donors (Lipinski definition) is 1. The van der Waals surface area contributed by atoms with Crippen molar-refractivity contribution in [2.75, 3.05) is 13.1 Å². The summed E-state index contributed by atoms with van der Waals surface area (Å²) in [6, 6.07) is 7.41. The molecule has 3 aromatic heterocycles. The first-order chi connectivity index (χ1) is 14.7. The number of nitrogens with one attached hydrogen (secondary N) is 1. The maximum Gasteiger partial charge on any atom is 0.157 e. The quantitative estimate of drug-likeness (QED) is 0.558. The monoisotopic (exact) mass is 402 g/mol. The second kappa shape index (κ2) is 6.80. The van der Waals surface area contributed by atoms with E-state index < -0.39 is 0 Å². The van der Waals surface area contributed by atoms with Crippen LogP contribution in [-0.2, 0) is 0 Å². The highest BCUT2D eigenvalue weighted by Gasteiger charge is 2.28. The van der Waals surface area contributed by atoms with Crippen LogP contribution >= 0.6 is 0 Å². The van der Waals surface area contributed by atoms with E-state index in [4.69, 9.17) is 5.10 Å². The Bertz CT molecular complexity index is 1270. The SMILES string of the molecule is Cc1cn2nc(-c3cc(F)c4cc(C5CCNCC5)nnc4c3)cc(C3CC3)c2n1. The standard InChI is InChI=1S/C23H23FN6/c1-13-12-30-23(26-13)17(14-2-3-14)10-21(29-30)16-8-19(24)18-11-20(27-28-22(18)9-16)15-4-6-25-7-5-15/h8-12,14-15,25H,2-7H2,1H3. The van der Waals surface area contributed by atoms with Gasteiger partial charge in [-0.25, -0.2) is 13.9 Å². The lowest BCUT2D eigenvalue weighted by Crippen LogP contribution is -2.27. The van der Waals surface area contributed by atoms with Gasteiger partial charge in [0.15, 0.2) is 5.65 Å². The maximum atomic E-state index is 15.1. The Morgan fingerprint density at radius 3 is 2.63 bits per heavy atom. The van der Waals surface area contributed by atoms with Crippen molar-refractivity contribution in [3.63, 3.8) is 0 Å². The molecule has 0 spiro atoms. The molecular weight excluding hydrogens is 379 g/mol. The number of halogens is 1. The van der Waals surface area contributed by atoms with Gasteiger partial charge in [-0.2, -0.15) is 15.3 Å². The maximum absolute atomic E-state index is 15.1. The lowest BCUT2D eigenvalue weighted by Gasteiger charge is -2.21. The summed E-state index contributed by atoms with van der Waals surface area (Å²) in [6.07, 6.45) is 6.29. The number of nitrogens with zero attached hydrogens (tertiary/aromatic N) is 5.